The van der Waals surface area contributed by atoms with Gasteiger partial charge >= 0.3 is 5.97 Å². The van der Waals surface area contributed by atoms with Crippen LogP contribution in [-0.2, 0) is 4.79 Å². The van der Waals surface area contributed by atoms with Crippen LogP contribution in [-0.4, -0.2) is 23.0 Å². The van der Waals surface area contributed by atoms with E-state index in [0.717, 1.165) is 18.2 Å². The molecule has 1 atom stereocenters. The van der Waals surface area contributed by atoms with Gasteiger partial charge in [0.2, 0.25) is 0 Å². The van der Waals surface area contributed by atoms with Gasteiger partial charge in [0.1, 0.15) is 0 Å². The molecule has 0 heterocycles. The number of carbonyl (C=O) groups excluding carboxylic acids is 1. The summed E-state index contributed by atoms with van der Waals surface area (Å²) in [5, 5.41) is 11.2. The molecule has 1 rings (SSSR count). The second-order valence-electron chi connectivity index (χ2n) is 4.19. The van der Waals surface area contributed by atoms with Crippen LogP contribution < -0.4 is 5.32 Å². The fourth-order valence-corrected chi connectivity index (χ4v) is 1.69. The third kappa shape index (κ3) is 4.65. The Balaban J connectivity index is 2.75. The Kier molecular flexibility index (Phi) is 5.41. The average molecular weight is 271 g/mol. The number of benzene rings is 1. The van der Waals surface area contributed by atoms with E-state index in [1.54, 1.807) is 0 Å². The number of carboxylic acids is 1. The van der Waals surface area contributed by atoms with E-state index in [0.29, 0.717) is 12.8 Å². The molecule has 0 spiro atoms. The van der Waals surface area contributed by atoms with E-state index >= 15 is 0 Å². The molecule has 4 nitrogen and oxygen atoms in total. The van der Waals surface area contributed by atoms with E-state index in [4.69, 9.17) is 5.11 Å². The highest BCUT2D eigenvalue weighted by atomic mass is 19.2. The lowest BCUT2D eigenvalue weighted by molar-refractivity contribution is -0.137. The second kappa shape index (κ2) is 6.82. The van der Waals surface area contributed by atoms with Crippen LogP contribution in [0, 0.1) is 11.6 Å². The van der Waals surface area contributed by atoms with Gasteiger partial charge in [-0.05, 0) is 24.6 Å². The van der Waals surface area contributed by atoms with Crippen molar-refractivity contribution in [3.05, 3.63) is 35.4 Å². The number of carboxylic acid groups (broad SMARTS) is 1. The van der Waals surface area contributed by atoms with Crippen molar-refractivity contribution in [1.82, 2.24) is 5.32 Å². The largest absolute Gasteiger partial charge is 0.481 e. The monoisotopic (exact) mass is 271 g/mol. The molecule has 1 amide bonds. The third-order valence-electron chi connectivity index (χ3n) is 2.58. The van der Waals surface area contributed by atoms with Crippen LogP contribution in [0.25, 0.3) is 0 Å². The Morgan fingerprint density at radius 3 is 2.53 bits per heavy atom. The van der Waals surface area contributed by atoms with Crippen molar-refractivity contribution in [3.63, 3.8) is 0 Å². The first-order valence-electron chi connectivity index (χ1n) is 5.91. The zero-order valence-electron chi connectivity index (χ0n) is 10.5. The lowest BCUT2D eigenvalue weighted by atomic mass is 10.1. The van der Waals surface area contributed by atoms with Crippen molar-refractivity contribution in [2.24, 2.45) is 0 Å². The first kappa shape index (κ1) is 15.1. The minimum Gasteiger partial charge on any atom is -0.481 e. The Labute approximate surface area is 109 Å². The molecule has 6 heteroatoms. The molecule has 0 aromatic heterocycles. The maximum Gasteiger partial charge on any atom is 0.305 e. The van der Waals surface area contributed by atoms with Gasteiger partial charge in [0.15, 0.2) is 11.6 Å². The van der Waals surface area contributed by atoms with Crippen LogP contribution in [0.4, 0.5) is 8.78 Å². The fraction of sp³-hybridized carbons (Fsp3) is 0.385. The Bertz CT molecular complexity index is 477. The van der Waals surface area contributed by atoms with E-state index < -0.39 is 29.6 Å². The van der Waals surface area contributed by atoms with E-state index in [2.05, 4.69) is 5.32 Å². The maximum absolute atomic E-state index is 13.0. The van der Waals surface area contributed by atoms with Gasteiger partial charge in [0, 0.05) is 11.6 Å². The first-order chi connectivity index (χ1) is 8.93. The molecule has 0 saturated carbocycles. The van der Waals surface area contributed by atoms with Crippen molar-refractivity contribution in [2.75, 3.05) is 0 Å². The number of aliphatic carboxylic acids is 1. The molecular weight excluding hydrogens is 256 g/mol. The maximum atomic E-state index is 13.0. The molecule has 0 aliphatic rings. The standard InChI is InChI=1S/C13H15F2NO3/c1-2-3-9(7-12(17)18)16-13(19)8-4-5-10(14)11(15)6-8/h4-6,9H,2-3,7H2,1H3,(H,16,19)(H,17,18). The predicted octanol–water partition coefficient (Wildman–Crippen LogP) is 2.34. The number of amides is 1. The normalized spacial score (nSPS) is 11.9. The number of nitrogens with one attached hydrogen (secondary N) is 1. The summed E-state index contributed by atoms with van der Waals surface area (Å²) in [6, 6.07) is 2.27. The summed E-state index contributed by atoms with van der Waals surface area (Å²) in [5.74, 6) is -3.78. The molecule has 1 aromatic carbocycles. The highest BCUT2D eigenvalue weighted by Crippen LogP contribution is 2.10. The fourth-order valence-electron chi connectivity index (χ4n) is 1.69. The minimum atomic E-state index is -1.11. The van der Waals surface area contributed by atoms with Crippen LogP contribution in [0.5, 0.6) is 0 Å². The van der Waals surface area contributed by atoms with Gasteiger partial charge in [-0.25, -0.2) is 8.78 Å². The Hall–Kier alpha value is -1.98. The lowest BCUT2D eigenvalue weighted by Gasteiger charge is -2.16. The van der Waals surface area contributed by atoms with Crippen molar-refractivity contribution in [3.8, 4) is 0 Å². The van der Waals surface area contributed by atoms with Crippen LogP contribution in [0.2, 0.25) is 0 Å². The van der Waals surface area contributed by atoms with Gasteiger partial charge < -0.3 is 10.4 Å². The predicted molar refractivity (Wildman–Crippen MR) is 64.8 cm³/mol. The molecule has 2 N–H and O–H groups in total. The molecule has 0 bridgehead atoms. The molecule has 0 fully saturated rings. The zero-order chi connectivity index (χ0) is 14.4. The Morgan fingerprint density at radius 2 is 2.00 bits per heavy atom. The smallest absolute Gasteiger partial charge is 0.305 e. The first-order valence-corrected chi connectivity index (χ1v) is 5.91. The topological polar surface area (TPSA) is 66.4 Å². The molecule has 19 heavy (non-hydrogen) atoms. The van der Waals surface area contributed by atoms with E-state index in [1.807, 2.05) is 6.92 Å². The van der Waals surface area contributed by atoms with E-state index in [1.165, 1.54) is 0 Å². The molecular formula is C13H15F2NO3. The number of halogens is 2. The summed E-state index contributed by atoms with van der Waals surface area (Å²) < 4.78 is 25.7. The molecule has 0 aliphatic heterocycles. The van der Waals surface area contributed by atoms with Crippen LogP contribution in [0.3, 0.4) is 0 Å². The highest BCUT2D eigenvalue weighted by molar-refractivity contribution is 5.94. The van der Waals surface area contributed by atoms with Crippen molar-refractivity contribution in [1.29, 1.82) is 0 Å². The highest BCUT2D eigenvalue weighted by Gasteiger charge is 2.17. The summed E-state index contributed by atoms with van der Waals surface area (Å²) in [7, 11) is 0. The summed E-state index contributed by atoms with van der Waals surface area (Å²) in [6.07, 6.45) is 1.00. The molecule has 1 aromatic rings. The molecule has 0 aliphatic carbocycles. The van der Waals surface area contributed by atoms with Crippen molar-refractivity contribution < 1.29 is 23.5 Å². The van der Waals surface area contributed by atoms with Gasteiger partial charge in [-0.3, -0.25) is 9.59 Å². The number of rotatable bonds is 6. The van der Waals surface area contributed by atoms with Gasteiger partial charge in [-0.2, -0.15) is 0 Å². The van der Waals surface area contributed by atoms with Gasteiger partial charge in [-0.15, -0.1) is 0 Å². The van der Waals surface area contributed by atoms with Crippen molar-refractivity contribution in [2.45, 2.75) is 32.2 Å². The number of carbonyl (C=O) groups is 2. The second-order valence-corrected chi connectivity index (χ2v) is 4.19. The van der Waals surface area contributed by atoms with E-state index in [9.17, 15) is 18.4 Å². The van der Waals surface area contributed by atoms with Gasteiger partial charge in [-0.1, -0.05) is 13.3 Å². The molecule has 1 unspecified atom stereocenters. The quantitative estimate of drug-likeness (QED) is 0.834. The van der Waals surface area contributed by atoms with Crippen LogP contribution in [0.15, 0.2) is 18.2 Å². The van der Waals surface area contributed by atoms with E-state index in [-0.39, 0.29) is 12.0 Å². The summed E-state index contributed by atoms with van der Waals surface area (Å²) >= 11 is 0. The summed E-state index contributed by atoms with van der Waals surface area (Å²) in [6.45, 7) is 1.86. The van der Waals surface area contributed by atoms with Crippen LogP contribution in [0.1, 0.15) is 36.5 Å². The SMILES string of the molecule is CCCC(CC(=O)O)NC(=O)c1ccc(F)c(F)c1. The Morgan fingerprint density at radius 1 is 1.32 bits per heavy atom. The molecule has 0 saturated heterocycles. The van der Waals surface area contributed by atoms with Gasteiger partial charge in [0.05, 0.1) is 6.42 Å². The van der Waals surface area contributed by atoms with Crippen molar-refractivity contribution >= 4 is 11.9 Å². The zero-order valence-corrected chi connectivity index (χ0v) is 10.5. The number of hydrogen-bond donors (Lipinski definition) is 2. The number of hydrogen-bond acceptors (Lipinski definition) is 2. The summed E-state index contributed by atoms with van der Waals surface area (Å²) in [5.41, 5.74) is -0.0367. The summed E-state index contributed by atoms with van der Waals surface area (Å²) in [4.78, 5) is 22.4. The third-order valence-corrected chi connectivity index (χ3v) is 2.58. The average Bonchev–Trinajstić information content (AvgIpc) is 2.32. The lowest BCUT2D eigenvalue weighted by Crippen LogP contribution is -2.36. The molecule has 0 radical (unpaired) electrons. The molecule has 104 valence electrons. The van der Waals surface area contributed by atoms with Crippen LogP contribution >= 0.6 is 0 Å². The minimum absolute atomic E-state index is 0.0367. The van der Waals surface area contributed by atoms with Gasteiger partial charge in [0.25, 0.3) is 5.91 Å².